The fourth-order valence-corrected chi connectivity index (χ4v) is 3.38. The molecule has 1 N–H and O–H groups in total. The van der Waals surface area contributed by atoms with Crippen LogP contribution in [-0.2, 0) is 0 Å². The van der Waals surface area contributed by atoms with E-state index in [1.807, 2.05) is 29.6 Å². The van der Waals surface area contributed by atoms with Crippen molar-refractivity contribution in [1.82, 2.24) is 10.1 Å². The number of hydrogen-bond donors (Lipinski definition) is 1. The zero-order valence-corrected chi connectivity index (χ0v) is 16.5. The van der Waals surface area contributed by atoms with Crippen LogP contribution in [0.4, 0.5) is 5.69 Å². The number of benzene rings is 2. The molecule has 29 heavy (non-hydrogen) atoms. The van der Waals surface area contributed by atoms with Crippen LogP contribution in [0.2, 0.25) is 0 Å². The summed E-state index contributed by atoms with van der Waals surface area (Å²) in [5, 5.41) is 8.79. The van der Waals surface area contributed by atoms with Crippen LogP contribution in [-0.4, -0.2) is 30.3 Å². The predicted molar refractivity (Wildman–Crippen MR) is 111 cm³/mol. The summed E-state index contributed by atoms with van der Waals surface area (Å²) in [6.45, 7) is 0. The summed E-state index contributed by atoms with van der Waals surface area (Å²) >= 11 is 1.39. The molecule has 0 aliphatic carbocycles. The Morgan fingerprint density at radius 3 is 2.62 bits per heavy atom. The molecule has 0 aliphatic heterocycles. The zero-order valence-electron chi connectivity index (χ0n) is 15.7. The highest BCUT2D eigenvalue weighted by Crippen LogP contribution is 2.32. The molecule has 1 amide bonds. The topological polar surface area (TPSA) is 86.5 Å². The first kappa shape index (κ1) is 18.7. The number of nitrogens with one attached hydrogen (secondary N) is 1. The van der Waals surface area contributed by atoms with Crippen LogP contribution >= 0.6 is 11.3 Å². The Hall–Kier alpha value is -3.65. The van der Waals surface area contributed by atoms with Crippen molar-refractivity contribution >= 4 is 22.9 Å². The first-order valence-electron chi connectivity index (χ1n) is 8.69. The van der Waals surface area contributed by atoms with Gasteiger partial charge in [-0.2, -0.15) is 4.98 Å². The molecule has 8 heteroatoms. The summed E-state index contributed by atoms with van der Waals surface area (Å²) in [4.78, 5) is 17.4. The van der Waals surface area contributed by atoms with Gasteiger partial charge in [0, 0.05) is 16.8 Å². The fraction of sp³-hybridized carbons (Fsp3) is 0.0952. The van der Waals surface area contributed by atoms with Crippen molar-refractivity contribution in [3.05, 3.63) is 64.9 Å². The second kappa shape index (κ2) is 8.15. The Labute approximate surface area is 170 Å². The average Bonchev–Trinajstić information content (AvgIpc) is 3.46. The highest BCUT2D eigenvalue weighted by molar-refractivity contribution is 7.12. The van der Waals surface area contributed by atoms with Crippen molar-refractivity contribution in [3.8, 4) is 34.3 Å². The molecule has 2 aromatic carbocycles. The van der Waals surface area contributed by atoms with Crippen molar-refractivity contribution in [2.45, 2.75) is 0 Å². The number of aromatic nitrogens is 2. The second-order valence-corrected chi connectivity index (χ2v) is 6.95. The Morgan fingerprint density at radius 2 is 1.86 bits per heavy atom. The quantitative estimate of drug-likeness (QED) is 0.497. The van der Waals surface area contributed by atoms with E-state index in [4.69, 9.17) is 14.0 Å². The molecule has 0 atom stereocenters. The summed E-state index contributed by atoms with van der Waals surface area (Å²) < 4.78 is 16.0. The third-order valence-corrected chi connectivity index (χ3v) is 5.05. The molecule has 7 nitrogen and oxygen atoms in total. The van der Waals surface area contributed by atoms with Crippen LogP contribution in [0, 0.1) is 0 Å². The van der Waals surface area contributed by atoms with E-state index >= 15 is 0 Å². The third-order valence-electron chi connectivity index (χ3n) is 4.18. The minimum atomic E-state index is -0.159. The maximum atomic E-state index is 12.3. The lowest BCUT2D eigenvalue weighted by atomic mass is 10.2. The van der Waals surface area contributed by atoms with Gasteiger partial charge in [-0.05, 0) is 47.8 Å². The van der Waals surface area contributed by atoms with E-state index in [1.165, 1.54) is 11.3 Å². The van der Waals surface area contributed by atoms with Crippen molar-refractivity contribution in [3.63, 3.8) is 0 Å². The number of anilines is 1. The van der Waals surface area contributed by atoms with E-state index in [2.05, 4.69) is 15.5 Å². The minimum Gasteiger partial charge on any atom is -0.493 e. The van der Waals surface area contributed by atoms with Gasteiger partial charge in [0.25, 0.3) is 11.8 Å². The molecule has 0 fully saturated rings. The molecule has 0 bridgehead atoms. The van der Waals surface area contributed by atoms with E-state index in [-0.39, 0.29) is 5.91 Å². The maximum absolute atomic E-state index is 12.3. The van der Waals surface area contributed by atoms with E-state index in [0.29, 0.717) is 39.3 Å². The van der Waals surface area contributed by atoms with Crippen molar-refractivity contribution < 1.29 is 18.8 Å². The second-order valence-electron chi connectivity index (χ2n) is 6.01. The highest BCUT2D eigenvalue weighted by Gasteiger charge is 2.14. The van der Waals surface area contributed by atoms with Gasteiger partial charge in [0.15, 0.2) is 11.5 Å². The van der Waals surface area contributed by atoms with Gasteiger partial charge in [0.1, 0.15) is 0 Å². The molecule has 0 spiro atoms. The van der Waals surface area contributed by atoms with Gasteiger partial charge in [-0.15, -0.1) is 11.3 Å². The average molecular weight is 407 g/mol. The van der Waals surface area contributed by atoms with Gasteiger partial charge in [0.05, 0.1) is 19.1 Å². The van der Waals surface area contributed by atoms with Gasteiger partial charge in [-0.1, -0.05) is 17.3 Å². The number of carbonyl (C=O) groups is 1. The number of ether oxygens (including phenoxy) is 2. The predicted octanol–water partition coefficient (Wildman–Crippen LogP) is 4.73. The molecule has 0 saturated carbocycles. The Bertz CT molecular complexity index is 1140. The number of amides is 1. The normalized spacial score (nSPS) is 10.6. The molecule has 0 unspecified atom stereocenters. The number of hydrogen-bond acceptors (Lipinski definition) is 7. The van der Waals surface area contributed by atoms with Gasteiger partial charge in [0.2, 0.25) is 5.82 Å². The van der Waals surface area contributed by atoms with Gasteiger partial charge < -0.3 is 19.3 Å². The molecule has 2 aromatic heterocycles. The molecule has 146 valence electrons. The zero-order chi connectivity index (χ0) is 20.2. The SMILES string of the molecule is COc1ccc(-c2noc(-c3cccc(NC(=O)c4cccs4)c3)n2)cc1OC. The third kappa shape index (κ3) is 3.97. The summed E-state index contributed by atoms with van der Waals surface area (Å²) in [5.41, 5.74) is 2.08. The van der Waals surface area contributed by atoms with Crippen molar-refractivity contribution in [2.75, 3.05) is 19.5 Å². The Morgan fingerprint density at radius 1 is 1.00 bits per heavy atom. The Balaban J connectivity index is 1.57. The monoisotopic (exact) mass is 407 g/mol. The van der Waals surface area contributed by atoms with Crippen LogP contribution in [0.1, 0.15) is 9.67 Å². The maximum Gasteiger partial charge on any atom is 0.265 e. The number of nitrogens with zero attached hydrogens (tertiary/aromatic N) is 2. The number of carbonyl (C=O) groups excluding carboxylic acids is 1. The fourth-order valence-electron chi connectivity index (χ4n) is 2.76. The number of rotatable bonds is 6. The first-order chi connectivity index (χ1) is 14.2. The summed E-state index contributed by atoms with van der Waals surface area (Å²) in [6, 6.07) is 16.3. The molecule has 0 aliphatic rings. The van der Waals surface area contributed by atoms with E-state index in [1.54, 1.807) is 44.6 Å². The smallest absolute Gasteiger partial charge is 0.265 e. The van der Waals surface area contributed by atoms with E-state index in [0.717, 1.165) is 5.56 Å². The van der Waals surface area contributed by atoms with Gasteiger partial charge in [-0.25, -0.2) is 0 Å². The van der Waals surface area contributed by atoms with Crippen molar-refractivity contribution in [2.24, 2.45) is 0 Å². The lowest BCUT2D eigenvalue weighted by Gasteiger charge is -2.07. The lowest BCUT2D eigenvalue weighted by Crippen LogP contribution is -2.09. The van der Waals surface area contributed by atoms with Gasteiger partial charge >= 0.3 is 0 Å². The minimum absolute atomic E-state index is 0.159. The van der Waals surface area contributed by atoms with Crippen LogP contribution < -0.4 is 14.8 Å². The van der Waals surface area contributed by atoms with E-state index in [9.17, 15) is 4.79 Å². The van der Waals surface area contributed by atoms with Crippen LogP contribution in [0.3, 0.4) is 0 Å². The molecule has 0 saturated heterocycles. The largest absolute Gasteiger partial charge is 0.493 e. The number of thiophene rings is 1. The summed E-state index contributed by atoms with van der Waals surface area (Å²) in [5.74, 6) is 1.81. The highest BCUT2D eigenvalue weighted by atomic mass is 32.1. The van der Waals surface area contributed by atoms with E-state index < -0.39 is 0 Å². The van der Waals surface area contributed by atoms with Crippen LogP contribution in [0.15, 0.2) is 64.5 Å². The molecule has 2 heterocycles. The van der Waals surface area contributed by atoms with Crippen LogP contribution in [0.25, 0.3) is 22.8 Å². The summed E-state index contributed by atoms with van der Waals surface area (Å²) in [6.07, 6.45) is 0. The molecular formula is C21H17N3O4S. The standard InChI is InChI=1S/C21H17N3O4S/c1-26-16-9-8-13(12-17(16)27-2)19-23-21(28-24-19)14-5-3-6-15(11-14)22-20(25)18-7-4-10-29-18/h3-12H,1-2H3,(H,22,25). The Kier molecular flexibility index (Phi) is 5.26. The first-order valence-corrected chi connectivity index (χ1v) is 9.57. The summed E-state index contributed by atoms with van der Waals surface area (Å²) in [7, 11) is 3.15. The van der Waals surface area contributed by atoms with Crippen LogP contribution in [0.5, 0.6) is 11.5 Å². The molecule has 4 rings (SSSR count). The molecule has 0 radical (unpaired) electrons. The lowest BCUT2D eigenvalue weighted by molar-refractivity contribution is 0.103. The number of methoxy groups -OCH3 is 2. The van der Waals surface area contributed by atoms with Crippen molar-refractivity contribution in [1.29, 1.82) is 0 Å². The molecular weight excluding hydrogens is 390 g/mol. The molecule has 4 aromatic rings. The van der Waals surface area contributed by atoms with Gasteiger partial charge in [-0.3, -0.25) is 4.79 Å².